The molecule has 0 radical (unpaired) electrons. The van der Waals surface area contributed by atoms with Gasteiger partial charge in [-0.15, -0.1) is 13.2 Å². The van der Waals surface area contributed by atoms with Crippen molar-refractivity contribution in [3.8, 4) is 28.4 Å². The molecule has 1 aliphatic heterocycles. The van der Waals surface area contributed by atoms with Crippen LogP contribution in [0.1, 0.15) is 0 Å². The molecule has 24 heavy (non-hydrogen) atoms. The van der Waals surface area contributed by atoms with Crippen LogP contribution in [0, 0.1) is 0 Å². The van der Waals surface area contributed by atoms with Crippen LogP contribution in [0.15, 0.2) is 42.5 Å². The number of hydrogen-bond acceptors (Lipinski definition) is 4. The summed E-state index contributed by atoms with van der Waals surface area (Å²) >= 11 is 0. The highest BCUT2D eigenvalue weighted by Gasteiger charge is 2.33. The Morgan fingerprint density at radius 2 is 1.75 bits per heavy atom. The third-order valence-electron chi connectivity index (χ3n) is 3.63. The molecule has 1 heterocycles. The van der Waals surface area contributed by atoms with Gasteiger partial charge in [0, 0.05) is 18.7 Å². The van der Waals surface area contributed by atoms with Crippen LogP contribution in [-0.2, 0) is 0 Å². The molecule has 2 aromatic rings. The van der Waals surface area contributed by atoms with Gasteiger partial charge in [0.2, 0.25) is 0 Å². The second kappa shape index (κ2) is 6.60. The molecule has 0 aromatic heterocycles. The van der Waals surface area contributed by atoms with Crippen molar-refractivity contribution in [3.63, 3.8) is 0 Å². The fraction of sp³-hybridized carbons (Fsp3) is 0.294. The van der Waals surface area contributed by atoms with Crippen LogP contribution in [-0.4, -0.2) is 32.7 Å². The van der Waals surface area contributed by atoms with Gasteiger partial charge < -0.3 is 19.5 Å². The second-order valence-corrected chi connectivity index (χ2v) is 5.31. The lowest BCUT2D eigenvalue weighted by Gasteiger charge is -2.28. The largest absolute Gasteiger partial charge is 0.573 e. The highest BCUT2D eigenvalue weighted by molar-refractivity contribution is 5.72. The number of para-hydroxylation sites is 1. The van der Waals surface area contributed by atoms with E-state index < -0.39 is 6.36 Å². The maximum Gasteiger partial charge on any atom is 0.573 e. The maximum absolute atomic E-state index is 12.7. The van der Waals surface area contributed by atoms with Gasteiger partial charge in [0.05, 0.1) is 7.11 Å². The average molecular weight is 339 g/mol. The summed E-state index contributed by atoms with van der Waals surface area (Å²) in [5.74, 6) is 0.266. The van der Waals surface area contributed by atoms with E-state index in [2.05, 4.69) is 10.1 Å². The molecule has 1 fully saturated rings. The molecular weight excluding hydrogens is 323 g/mol. The van der Waals surface area contributed by atoms with Crippen LogP contribution in [0.25, 0.3) is 11.1 Å². The van der Waals surface area contributed by atoms with Crippen molar-refractivity contribution >= 4 is 0 Å². The average Bonchev–Trinajstić information content (AvgIpc) is 2.50. The number of hydrogen-bond donors (Lipinski definition) is 1. The third-order valence-corrected chi connectivity index (χ3v) is 3.63. The molecule has 4 nitrogen and oxygen atoms in total. The fourth-order valence-corrected chi connectivity index (χ4v) is 2.39. The first-order valence-corrected chi connectivity index (χ1v) is 7.37. The monoisotopic (exact) mass is 339 g/mol. The van der Waals surface area contributed by atoms with Crippen LogP contribution in [0.2, 0.25) is 0 Å². The first-order chi connectivity index (χ1) is 11.5. The van der Waals surface area contributed by atoms with E-state index >= 15 is 0 Å². The van der Waals surface area contributed by atoms with Gasteiger partial charge in [-0.3, -0.25) is 0 Å². The minimum absolute atomic E-state index is 0.0671. The smallest absolute Gasteiger partial charge is 0.496 e. The summed E-state index contributed by atoms with van der Waals surface area (Å²) in [7, 11) is 1.51. The zero-order valence-electron chi connectivity index (χ0n) is 12.9. The molecule has 0 unspecified atom stereocenters. The number of nitrogens with one attached hydrogen (secondary N) is 1. The van der Waals surface area contributed by atoms with E-state index in [-0.39, 0.29) is 17.6 Å². The molecule has 0 saturated carbocycles. The van der Waals surface area contributed by atoms with E-state index in [0.29, 0.717) is 30.0 Å². The van der Waals surface area contributed by atoms with Crippen molar-refractivity contribution in [2.24, 2.45) is 0 Å². The highest BCUT2D eigenvalue weighted by atomic mass is 19.4. The van der Waals surface area contributed by atoms with Gasteiger partial charge in [-0.2, -0.15) is 0 Å². The van der Waals surface area contributed by atoms with Gasteiger partial charge >= 0.3 is 6.36 Å². The summed E-state index contributed by atoms with van der Waals surface area (Å²) in [4.78, 5) is 0. The molecule has 128 valence electrons. The van der Waals surface area contributed by atoms with Crippen LogP contribution >= 0.6 is 0 Å². The van der Waals surface area contributed by atoms with E-state index in [1.54, 1.807) is 30.3 Å². The number of methoxy groups -OCH3 is 1. The van der Waals surface area contributed by atoms with E-state index in [1.807, 2.05) is 0 Å². The van der Waals surface area contributed by atoms with Crippen molar-refractivity contribution in [1.82, 2.24) is 5.32 Å². The summed E-state index contributed by atoms with van der Waals surface area (Å²) in [6.45, 7) is 1.19. The van der Waals surface area contributed by atoms with Crippen molar-refractivity contribution in [1.29, 1.82) is 0 Å². The van der Waals surface area contributed by atoms with Gasteiger partial charge in [-0.05, 0) is 23.8 Å². The molecule has 1 N–H and O–H groups in total. The Balaban J connectivity index is 1.97. The minimum atomic E-state index is -4.80. The lowest BCUT2D eigenvalue weighted by molar-refractivity contribution is -0.275. The Morgan fingerprint density at radius 3 is 2.38 bits per heavy atom. The Kier molecular flexibility index (Phi) is 4.53. The van der Waals surface area contributed by atoms with Crippen LogP contribution in [0.4, 0.5) is 13.2 Å². The van der Waals surface area contributed by atoms with E-state index in [4.69, 9.17) is 9.47 Å². The van der Waals surface area contributed by atoms with Crippen molar-refractivity contribution in [3.05, 3.63) is 42.5 Å². The molecule has 0 aliphatic carbocycles. The van der Waals surface area contributed by atoms with Crippen molar-refractivity contribution in [2.45, 2.75) is 12.5 Å². The third kappa shape index (κ3) is 3.73. The van der Waals surface area contributed by atoms with E-state index in [9.17, 15) is 13.2 Å². The number of benzene rings is 2. The fourth-order valence-electron chi connectivity index (χ4n) is 2.39. The minimum Gasteiger partial charge on any atom is -0.496 e. The van der Waals surface area contributed by atoms with Gasteiger partial charge in [0.25, 0.3) is 0 Å². The SMILES string of the molecule is COc1ccccc1-c1ccc(OC2CNC2)c(OC(F)(F)F)c1. The summed E-state index contributed by atoms with van der Waals surface area (Å²) in [5, 5.41) is 3.00. The molecule has 7 heteroatoms. The second-order valence-electron chi connectivity index (χ2n) is 5.31. The molecular formula is C17H16F3NO3. The molecule has 1 saturated heterocycles. The molecule has 1 aliphatic rings. The first kappa shape index (κ1) is 16.4. The lowest BCUT2D eigenvalue weighted by Crippen LogP contribution is -2.50. The van der Waals surface area contributed by atoms with Crippen LogP contribution in [0.3, 0.4) is 0 Å². The molecule has 0 atom stereocenters. The number of halogens is 3. The molecule has 0 spiro atoms. The normalized spacial score (nSPS) is 14.8. The Bertz CT molecular complexity index is 714. The molecule has 3 rings (SSSR count). The van der Waals surface area contributed by atoms with Gasteiger partial charge in [0.15, 0.2) is 11.5 Å². The number of alkyl halides is 3. The Labute approximate surface area is 137 Å². The predicted octanol–water partition coefficient (Wildman–Crippen LogP) is 3.61. The highest BCUT2D eigenvalue weighted by Crippen LogP contribution is 2.39. The Morgan fingerprint density at radius 1 is 1.00 bits per heavy atom. The number of ether oxygens (including phenoxy) is 3. The summed E-state index contributed by atoms with van der Waals surface area (Å²) < 4.78 is 53.1. The van der Waals surface area contributed by atoms with Gasteiger partial charge in [-0.25, -0.2) is 0 Å². The summed E-state index contributed by atoms with van der Waals surface area (Å²) in [6.07, 6.45) is -4.95. The van der Waals surface area contributed by atoms with Crippen molar-refractivity contribution in [2.75, 3.05) is 20.2 Å². The maximum atomic E-state index is 12.7. The van der Waals surface area contributed by atoms with Crippen LogP contribution < -0.4 is 19.5 Å². The molecule has 2 aromatic carbocycles. The zero-order chi connectivity index (χ0) is 17.2. The van der Waals surface area contributed by atoms with Gasteiger partial charge in [0.1, 0.15) is 11.9 Å². The Hall–Kier alpha value is -2.41. The summed E-state index contributed by atoms with van der Waals surface area (Å²) in [5.41, 5.74) is 1.22. The van der Waals surface area contributed by atoms with Crippen LogP contribution in [0.5, 0.6) is 17.2 Å². The first-order valence-electron chi connectivity index (χ1n) is 7.37. The zero-order valence-corrected chi connectivity index (χ0v) is 12.9. The quantitative estimate of drug-likeness (QED) is 0.903. The predicted molar refractivity (Wildman–Crippen MR) is 82.4 cm³/mol. The topological polar surface area (TPSA) is 39.7 Å². The summed E-state index contributed by atoms with van der Waals surface area (Å²) in [6, 6.07) is 11.6. The standard InChI is InChI=1S/C17H16F3NO3/c1-22-14-5-3-2-4-13(14)11-6-7-15(23-12-9-21-10-12)16(8-11)24-17(18,19)20/h2-8,12,21H,9-10H2,1H3. The number of rotatable bonds is 5. The van der Waals surface area contributed by atoms with E-state index in [0.717, 1.165) is 0 Å². The van der Waals surface area contributed by atoms with Crippen molar-refractivity contribution < 1.29 is 27.4 Å². The lowest BCUT2D eigenvalue weighted by atomic mass is 10.0. The van der Waals surface area contributed by atoms with Gasteiger partial charge in [-0.1, -0.05) is 24.3 Å². The molecule has 0 bridgehead atoms. The molecule has 0 amide bonds. The van der Waals surface area contributed by atoms with E-state index in [1.165, 1.54) is 19.2 Å².